The molecule has 2 atom stereocenters. The Morgan fingerprint density at radius 3 is 2.26 bits per heavy atom. The average Bonchev–Trinajstić information content (AvgIpc) is 2.31. The number of carbonyl (C=O) groups is 3. The molecule has 19 heavy (non-hydrogen) atoms. The van der Waals surface area contributed by atoms with Crippen molar-refractivity contribution in [1.82, 2.24) is 10.6 Å². The third kappa shape index (κ3) is 7.81. The van der Waals surface area contributed by atoms with Gasteiger partial charge in [0.05, 0.1) is 0 Å². The summed E-state index contributed by atoms with van der Waals surface area (Å²) in [6, 6.07) is -1.49. The Morgan fingerprint density at radius 1 is 1.26 bits per heavy atom. The van der Waals surface area contributed by atoms with Gasteiger partial charge in [0.2, 0.25) is 0 Å². The second-order valence-electron chi connectivity index (χ2n) is 4.58. The van der Waals surface area contributed by atoms with Crippen molar-refractivity contribution < 1.29 is 19.5 Å². The van der Waals surface area contributed by atoms with Crippen molar-refractivity contribution in [3.05, 3.63) is 0 Å². The average molecular weight is 337 g/mol. The number of hydrogen-bond donors (Lipinski definition) is 4. The first-order valence-corrected chi connectivity index (χ1v) is 7.12. The number of hydrogen-bond acceptors (Lipinski definition) is 4. The van der Waals surface area contributed by atoms with Crippen LogP contribution in [0.5, 0.6) is 0 Å². The fourth-order valence-electron chi connectivity index (χ4n) is 1.36. The summed E-state index contributed by atoms with van der Waals surface area (Å²) in [5.74, 6) is -1.84. The van der Waals surface area contributed by atoms with E-state index in [1.807, 2.05) is 13.8 Å². The van der Waals surface area contributed by atoms with E-state index in [1.54, 1.807) is 0 Å². The van der Waals surface area contributed by atoms with Crippen molar-refractivity contribution in [2.75, 3.05) is 6.54 Å². The fourth-order valence-corrected chi connectivity index (χ4v) is 1.85. The summed E-state index contributed by atoms with van der Waals surface area (Å²) in [7, 11) is 0. The van der Waals surface area contributed by atoms with Crippen LogP contribution in [0.15, 0.2) is 0 Å². The standard InChI is InChI=1S/C11H20N3O4Se/c1-6(2)3-7(12)10(17)14-8(5-19)11(18)13-4-9(15)16/h6-8H,3-5,12H2,1-2H3,(H,13,18)(H,14,17)(H,15,16)/t7-,8-/m0/s1. The van der Waals surface area contributed by atoms with Crippen molar-refractivity contribution in [3.63, 3.8) is 0 Å². The Kier molecular flexibility index (Phi) is 8.38. The second-order valence-corrected chi connectivity index (χ2v) is 5.27. The van der Waals surface area contributed by atoms with E-state index in [0.29, 0.717) is 6.42 Å². The van der Waals surface area contributed by atoms with Gasteiger partial charge in [-0.3, -0.25) is 0 Å². The van der Waals surface area contributed by atoms with Gasteiger partial charge in [-0.2, -0.15) is 0 Å². The first kappa shape index (κ1) is 17.9. The summed E-state index contributed by atoms with van der Waals surface area (Å²) in [6.07, 6.45) is 0.517. The molecule has 0 aromatic heterocycles. The number of carboxylic acid groups (broad SMARTS) is 1. The van der Waals surface area contributed by atoms with Gasteiger partial charge in [0.1, 0.15) is 0 Å². The Labute approximate surface area is 120 Å². The molecule has 0 saturated carbocycles. The zero-order valence-corrected chi connectivity index (χ0v) is 12.7. The number of carboxylic acids is 1. The molecular weight excluding hydrogens is 317 g/mol. The predicted molar refractivity (Wildman–Crippen MR) is 70.6 cm³/mol. The van der Waals surface area contributed by atoms with Crippen molar-refractivity contribution in [2.45, 2.75) is 37.7 Å². The molecule has 8 heteroatoms. The number of aliphatic carboxylic acids is 1. The molecule has 0 aromatic rings. The summed E-state index contributed by atoms with van der Waals surface area (Å²) < 4.78 is 0. The van der Waals surface area contributed by atoms with Crippen LogP contribution >= 0.6 is 0 Å². The monoisotopic (exact) mass is 338 g/mol. The second kappa shape index (κ2) is 8.90. The molecular formula is C11H20N3O4Se. The minimum atomic E-state index is -1.14. The van der Waals surface area contributed by atoms with Crippen molar-refractivity contribution in [1.29, 1.82) is 0 Å². The van der Waals surface area contributed by atoms with Gasteiger partial charge in [0.25, 0.3) is 0 Å². The quantitative estimate of drug-likeness (QED) is 0.407. The topological polar surface area (TPSA) is 122 Å². The molecule has 1 radical (unpaired) electrons. The van der Waals surface area contributed by atoms with E-state index in [9.17, 15) is 14.4 Å². The van der Waals surface area contributed by atoms with Gasteiger partial charge < -0.3 is 0 Å². The van der Waals surface area contributed by atoms with Gasteiger partial charge in [-0.25, -0.2) is 0 Å². The number of amides is 2. The van der Waals surface area contributed by atoms with Crippen LogP contribution < -0.4 is 16.4 Å². The van der Waals surface area contributed by atoms with Crippen LogP contribution in [0.3, 0.4) is 0 Å². The molecule has 7 nitrogen and oxygen atoms in total. The summed E-state index contributed by atoms with van der Waals surface area (Å²) >= 11 is 2.63. The molecule has 0 spiro atoms. The summed E-state index contributed by atoms with van der Waals surface area (Å²) in [5, 5.41) is 13.4. The molecule has 0 aromatic carbocycles. The fraction of sp³-hybridized carbons (Fsp3) is 0.727. The number of nitrogens with two attached hydrogens (primary N) is 1. The third-order valence-electron chi connectivity index (χ3n) is 2.28. The van der Waals surface area contributed by atoms with Crippen LogP contribution in [0, 0.1) is 5.92 Å². The Morgan fingerprint density at radius 2 is 1.84 bits per heavy atom. The third-order valence-corrected chi connectivity index (χ3v) is 2.97. The normalized spacial score (nSPS) is 13.7. The van der Waals surface area contributed by atoms with Gasteiger partial charge >= 0.3 is 120 Å². The van der Waals surface area contributed by atoms with E-state index in [4.69, 9.17) is 10.8 Å². The van der Waals surface area contributed by atoms with E-state index in [2.05, 4.69) is 26.6 Å². The molecule has 2 amide bonds. The molecule has 0 heterocycles. The molecule has 0 rings (SSSR count). The van der Waals surface area contributed by atoms with E-state index < -0.39 is 36.4 Å². The Bertz CT molecular complexity index is 336. The SMILES string of the molecule is CC(C)C[C@H](N)C(=O)N[C@@H](C[Se])C(=O)NCC(=O)O. The molecule has 0 unspecified atom stereocenters. The zero-order valence-electron chi connectivity index (χ0n) is 11.0. The van der Waals surface area contributed by atoms with Crippen LogP contribution in [0.2, 0.25) is 5.32 Å². The first-order chi connectivity index (χ1) is 8.77. The molecule has 0 saturated heterocycles. The molecule has 5 N–H and O–H groups in total. The number of nitrogens with one attached hydrogen (secondary N) is 2. The molecule has 0 aliphatic rings. The Balaban J connectivity index is 4.34. The van der Waals surface area contributed by atoms with Crippen molar-refractivity contribution in [2.24, 2.45) is 11.7 Å². The maximum atomic E-state index is 11.7. The van der Waals surface area contributed by atoms with Crippen LogP contribution in [0.4, 0.5) is 0 Å². The van der Waals surface area contributed by atoms with Gasteiger partial charge in [-0.1, -0.05) is 0 Å². The minimum absolute atomic E-state index is 0.242. The maximum absolute atomic E-state index is 11.7. The summed E-state index contributed by atoms with van der Waals surface area (Å²) in [6.45, 7) is 3.40. The Hall–Kier alpha value is -1.11. The summed E-state index contributed by atoms with van der Waals surface area (Å²) in [5.41, 5.74) is 5.70. The van der Waals surface area contributed by atoms with Crippen LogP contribution in [0.1, 0.15) is 20.3 Å². The molecule has 0 fully saturated rings. The first-order valence-electron chi connectivity index (χ1n) is 5.91. The van der Waals surface area contributed by atoms with E-state index in [1.165, 1.54) is 0 Å². The van der Waals surface area contributed by atoms with Gasteiger partial charge in [-0.05, 0) is 0 Å². The zero-order chi connectivity index (χ0) is 15.0. The van der Waals surface area contributed by atoms with Crippen molar-refractivity contribution >= 4 is 33.8 Å². The van der Waals surface area contributed by atoms with Crippen LogP contribution in [-0.2, 0) is 14.4 Å². The van der Waals surface area contributed by atoms with Crippen LogP contribution in [-0.4, -0.2) is 57.5 Å². The number of rotatable bonds is 8. The molecule has 0 bridgehead atoms. The van der Waals surface area contributed by atoms with Gasteiger partial charge in [0.15, 0.2) is 0 Å². The number of carbonyl (C=O) groups excluding carboxylic acids is 2. The van der Waals surface area contributed by atoms with E-state index in [-0.39, 0.29) is 11.2 Å². The molecule has 0 aliphatic carbocycles. The summed E-state index contributed by atoms with van der Waals surface area (Å²) in [4.78, 5) is 33.7. The van der Waals surface area contributed by atoms with Gasteiger partial charge in [0, 0.05) is 0 Å². The molecule has 0 aliphatic heterocycles. The van der Waals surface area contributed by atoms with E-state index in [0.717, 1.165) is 0 Å². The van der Waals surface area contributed by atoms with Crippen LogP contribution in [0.25, 0.3) is 0 Å². The van der Waals surface area contributed by atoms with Gasteiger partial charge in [-0.15, -0.1) is 0 Å². The molecule has 109 valence electrons. The van der Waals surface area contributed by atoms with Crippen molar-refractivity contribution in [3.8, 4) is 0 Å². The van der Waals surface area contributed by atoms with E-state index >= 15 is 0 Å². The predicted octanol–water partition coefficient (Wildman–Crippen LogP) is -1.37.